The largest absolute Gasteiger partial charge is 0.444 e. The van der Waals surface area contributed by atoms with Crippen molar-refractivity contribution in [2.45, 2.75) is 71.9 Å². The van der Waals surface area contributed by atoms with E-state index in [0.29, 0.717) is 17.9 Å². The zero-order valence-electron chi connectivity index (χ0n) is 16.1. The van der Waals surface area contributed by atoms with E-state index < -0.39 is 5.60 Å². The van der Waals surface area contributed by atoms with Crippen LogP contribution in [0.5, 0.6) is 0 Å². The fourth-order valence-corrected chi connectivity index (χ4v) is 3.64. The van der Waals surface area contributed by atoms with Crippen LogP contribution in [-0.4, -0.2) is 45.7 Å². The first-order valence-electron chi connectivity index (χ1n) is 9.22. The lowest BCUT2D eigenvalue weighted by molar-refractivity contribution is 0.00461. The van der Waals surface area contributed by atoms with Gasteiger partial charge in [-0.1, -0.05) is 0 Å². The number of carbonyl (C=O) groups excluding carboxylic acids is 1. The van der Waals surface area contributed by atoms with Crippen molar-refractivity contribution in [3.63, 3.8) is 0 Å². The minimum Gasteiger partial charge on any atom is -0.444 e. The van der Waals surface area contributed by atoms with Crippen LogP contribution in [0, 0.1) is 19.3 Å². The van der Waals surface area contributed by atoms with Gasteiger partial charge < -0.3 is 15.0 Å². The lowest BCUT2D eigenvalue weighted by atomic mass is 9.88. The molecule has 25 heavy (non-hydrogen) atoms. The van der Waals surface area contributed by atoms with Gasteiger partial charge in [0.2, 0.25) is 5.95 Å². The number of nitrogens with one attached hydrogen (secondary N) is 1. The summed E-state index contributed by atoms with van der Waals surface area (Å²) in [6.07, 6.45) is 4.47. The van der Waals surface area contributed by atoms with E-state index in [1.165, 1.54) is 12.8 Å². The summed E-state index contributed by atoms with van der Waals surface area (Å²) < 4.78 is 5.61. The Morgan fingerprint density at radius 3 is 2.48 bits per heavy atom. The second-order valence-corrected chi connectivity index (χ2v) is 8.64. The van der Waals surface area contributed by atoms with Crippen LogP contribution < -0.4 is 5.32 Å². The molecule has 1 unspecified atom stereocenters. The summed E-state index contributed by atoms with van der Waals surface area (Å²) in [6, 6.07) is 2.08. The predicted octanol–water partition coefficient (Wildman–Crippen LogP) is 3.69. The first-order valence-corrected chi connectivity index (χ1v) is 9.22. The molecule has 1 atom stereocenters. The average molecular weight is 346 g/mol. The van der Waals surface area contributed by atoms with Gasteiger partial charge in [0, 0.05) is 24.5 Å². The molecule has 0 radical (unpaired) electrons. The van der Waals surface area contributed by atoms with Gasteiger partial charge in [-0.05, 0) is 71.8 Å². The molecule has 1 aromatic rings. The Kier molecular flexibility index (Phi) is 4.64. The van der Waals surface area contributed by atoms with Crippen molar-refractivity contribution < 1.29 is 9.53 Å². The maximum Gasteiger partial charge on any atom is 0.410 e. The molecular formula is C19H30N4O2. The van der Waals surface area contributed by atoms with Crippen LogP contribution in [0.3, 0.4) is 0 Å². The molecule has 3 rings (SSSR count). The monoisotopic (exact) mass is 346 g/mol. The van der Waals surface area contributed by atoms with E-state index >= 15 is 0 Å². The number of nitrogens with zero attached hydrogens (tertiary/aromatic N) is 3. The van der Waals surface area contributed by atoms with Crippen molar-refractivity contribution in [1.82, 2.24) is 14.9 Å². The minimum absolute atomic E-state index is 0.121. The highest BCUT2D eigenvalue weighted by molar-refractivity contribution is 5.69. The molecule has 2 aliphatic rings. The van der Waals surface area contributed by atoms with Crippen molar-refractivity contribution in [2.75, 3.05) is 18.4 Å². The summed E-state index contributed by atoms with van der Waals surface area (Å²) in [5.41, 5.74) is 1.87. The zero-order chi connectivity index (χ0) is 18.2. The second-order valence-electron chi connectivity index (χ2n) is 8.64. The van der Waals surface area contributed by atoms with Crippen LogP contribution in [-0.2, 0) is 4.74 Å². The normalized spacial score (nSPS) is 22.0. The molecule has 1 aliphatic carbocycles. The third kappa shape index (κ3) is 4.61. The van der Waals surface area contributed by atoms with Crippen molar-refractivity contribution in [3.05, 3.63) is 17.5 Å². The molecule has 0 bridgehead atoms. The maximum absolute atomic E-state index is 12.6. The van der Waals surface area contributed by atoms with Crippen molar-refractivity contribution in [2.24, 2.45) is 5.41 Å². The summed E-state index contributed by atoms with van der Waals surface area (Å²) in [6.45, 7) is 11.1. The number of hydrogen-bond donors (Lipinski definition) is 1. The second kappa shape index (κ2) is 6.46. The molecule has 1 N–H and O–H groups in total. The molecule has 0 aromatic carbocycles. The molecule has 1 aromatic heterocycles. The fraction of sp³-hybridized carbons (Fsp3) is 0.737. The van der Waals surface area contributed by atoms with Crippen LogP contribution in [0.2, 0.25) is 0 Å². The van der Waals surface area contributed by atoms with Gasteiger partial charge in [-0.25, -0.2) is 14.8 Å². The third-order valence-electron chi connectivity index (χ3n) is 5.06. The van der Waals surface area contributed by atoms with Crippen LogP contribution in [0.4, 0.5) is 10.7 Å². The number of ether oxygens (including phenoxy) is 1. The number of piperidine rings is 1. The highest BCUT2D eigenvalue weighted by atomic mass is 16.6. The molecule has 2 heterocycles. The van der Waals surface area contributed by atoms with Crippen molar-refractivity contribution >= 4 is 12.0 Å². The van der Waals surface area contributed by atoms with E-state index in [1.54, 1.807) is 0 Å². The molecule has 6 nitrogen and oxygen atoms in total. The Balaban J connectivity index is 1.68. The van der Waals surface area contributed by atoms with Crippen LogP contribution >= 0.6 is 0 Å². The number of amides is 1. The van der Waals surface area contributed by atoms with Crippen molar-refractivity contribution in [1.29, 1.82) is 0 Å². The maximum atomic E-state index is 12.6. The van der Waals surface area contributed by atoms with E-state index in [1.807, 2.05) is 45.6 Å². The van der Waals surface area contributed by atoms with Gasteiger partial charge >= 0.3 is 6.09 Å². The SMILES string of the molecule is Cc1cc(C)nc(NCC2CC3(CCN2C(=O)OC(C)(C)C)CC3)n1. The topological polar surface area (TPSA) is 67.4 Å². The third-order valence-corrected chi connectivity index (χ3v) is 5.06. The quantitative estimate of drug-likeness (QED) is 0.904. The number of carbonyl (C=O) groups is 1. The number of anilines is 1. The van der Waals surface area contributed by atoms with Crippen LogP contribution in [0.1, 0.15) is 57.8 Å². The van der Waals surface area contributed by atoms with E-state index in [9.17, 15) is 4.79 Å². The van der Waals surface area contributed by atoms with E-state index in [-0.39, 0.29) is 12.1 Å². The predicted molar refractivity (Wildman–Crippen MR) is 97.6 cm³/mol. The Morgan fingerprint density at radius 1 is 1.28 bits per heavy atom. The Hall–Kier alpha value is -1.85. The number of likely N-dealkylation sites (tertiary alicyclic amines) is 1. The molecule has 1 saturated carbocycles. The van der Waals surface area contributed by atoms with Gasteiger partial charge in [-0.15, -0.1) is 0 Å². The standard InChI is InChI=1S/C19H30N4O2/c1-13-10-14(2)22-16(21-13)20-12-15-11-19(6-7-19)8-9-23(15)17(24)25-18(3,4)5/h10,15H,6-9,11-12H2,1-5H3,(H,20,21,22). The van der Waals surface area contributed by atoms with Crippen LogP contribution in [0.15, 0.2) is 6.07 Å². The minimum atomic E-state index is -0.472. The molecule has 138 valence electrons. The average Bonchev–Trinajstić information content (AvgIpc) is 3.21. The Labute approximate surface area is 150 Å². The number of aromatic nitrogens is 2. The Bertz CT molecular complexity index is 629. The number of aryl methyl sites for hydroxylation is 2. The smallest absolute Gasteiger partial charge is 0.410 e. The lowest BCUT2D eigenvalue weighted by Crippen LogP contribution is -2.51. The summed E-state index contributed by atoms with van der Waals surface area (Å²) >= 11 is 0. The lowest BCUT2D eigenvalue weighted by Gasteiger charge is -2.40. The van der Waals surface area contributed by atoms with Gasteiger partial charge in [-0.3, -0.25) is 0 Å². The van der Waals surface area contributed by atoms with E-state index in [2.05, 4.69) is 15.3 Å². The van der Waals surface area contributed by atoms with E-state index in [4.69, 9.17) is 4.74 Å². The van der Waals surface area contributed by atoms with Gasteiger partial charge in [0.05, 0.1) is 6.04 Å². The summed E-state index contributed by atoms with van der Waals surface area (Å²) in [7, 11) is 0. The molecule has 1 spiro atoms. The first-order chi connectivity index (χ1) is 11.7. The summed E-state index contributed by atoms with van der Waals surface area (Å²) in [5, 5.41) is 3.34. The van der Waals surface area contributed by atoms with Gasteiger partial charge in [0.25, 0.3) is 0 Å². The summed E-state index contributed by atoms with van der Waals surface area (Å²) in [4.78, 5) is 23.4. The van der Waals surface area contributed by atoms with Gasteiger partial charge in [0.15, 0.2) is 0 Å². The molecule has 6 heteroatoms. The molecule has 1 aliphatic heterocycles. The molecular weight excluding hydrogens is 316 g/mol. The molecule has 1 amide bonds. The number of rotatable bonds is 3. The van der Waals surface area contributed by atoms with E-state index in [0.717, 1.165) is 30.8 Å². The van der Waals surface area contributed by atoms with Crippen molar-refractivity contribution in [3.8, 4) is 0 Å². The summed E-state index contributed by atoms with van der Waals surface area (Å²) in [5.74, 6) is 0.636. The highest BCUT2D eigenvalue weighted by Crippen LogP contribution is 2.55. The first kappa shape index (κ1) is 18.0. The number of hydrogen-bond acceptors (Lipinski definition) is 5. The highest BCUT2D eigenvalue weighted by Gasteiger charge is 2.49. The van der Waals surface area contributed by atoms with Gasteiger partial charge in [-0.2, -0.15) is 0 Å². The van der Waals surface area contributed by atoms with Crippen LogP contribution in [0.25, 0.3) is 0 Å². The molecule has 2 fully saturated rings. The fourth-order valence-electron chi connectivity index (χ4n) is 3.64. The zero-order valence-corrected chi connectivity index (χ0v) is 16.1. The molecule has 1 saturated heterocycles. The Morgan fingerprint density at radius 2 is 1.92 bits per heavy atom. The van der Waals surface area contributed by atoms with Gasteiger partial charge in [0.1, 0.15) is 5.60 Å².